The largest absolute Gasteiger partial charge is 0.506 e. The predicted octanol–water partition coefficient (Wildman–Crippen LogP) is -2.58. The Morgan fingerprint density at radius 1 is 0.731 bits per heavy atom. The van der Waals surface area contributed by atoms with Gasteiger partial charge in [0.1, 0.15) is 54.9 Å². The molecule has 15 N–H and O–H groups in total. The van der Waals surface area contributed by atoms with Crippen molar-refractivity contribution in [2.45, 2.75) is 189 Å². The molecule has 0 spiro atoms. The number of ether oxygens (including phenoxy) is 7. The van der Waals surface area contributed by atoms with Gasteiger partial charge in [-0.15, -0.1) is 0 Å². The first-order valence-electron chi connectivity index (χ1n) is 23.2. The number of allylic oxidation sites excluding steroid dienone is 1. The van der Waals surface area contributed by atoms with Gasteiger partial charge in [0.2, 0.25) is 12.6 Å². The Balaban J connectivity index is 1.25. The number of hydrogen-bond donors (Lipinski definition) is 15. The van der Waals surface area contributed by atoms with E-state index in [1.807, 2.05) is 6.92 Å². The van der Waals surface area contributed by atoms with Crippen molar-refractivity contribution in [1.29, 1.82) is 0 Å². The molecule has 23 heteroatoms. The first-order chi connectivity index (χ1) is 31.6. The smallest absolute Gasteiger partial charge is 0.361 e. The summed E-state index contributed by atoms with van der Waals surface area (Å²) in [5.74, 6) is -5.34. The van der Waals surface area contributed by atoms with Crippen LogP contribution in [0.5, 0.6) is 0 Å². The Morgan fingerprint density at radius 3 is 2.06 bits per heavy atom. The highest BCUT2D eigenvalue weighted by Crippen LogP contribution is 2.69. The number of fused-ring (bicyclic) bond motifs is 4. The lowest BCUT2D eigenvalue weighted by Crippen LogP contribution is -2.62. The molecule has 21 atom stereocenters. The van der Waals surface area contributed by atoms with Gasteiger partial charge in [-0.25, -0.2) is 0 Å². The number of aliphatic hydroxyl groups is 15. The fourth-order valence-electron chi connectivity index (χ4n) is 12.0. The fourth-order valence-corrected chi connectivity index (χ4v) is 12.0. The summed E-state index contributed by atoms with van der Waals surface area (Å²) in [4.78, 5) is 14.3. The number of aliphatic hydroxyl groups excluding tert-OH is 15. The average molecular weight is 969 g/mol. The Bertz CT molecular complexity index is 1720. The van der Waals surface area contributed by atoms with Crippen molar-refractivity contribution in [2.75, 3.05) is 26.4 Å². The van der Waals surface area contributed by atoms with Crippen LogP contribution in [0, 0.1) is 28.1 Å². The molecule has 67 heavy (non-hydrogen) atoms. The van der Waals surface area contributed by atoms with E-state index in [1.165, 1.54) is 0 Å². The quantitative estimate of drug-likeness (QED) is 0.0243. The van der Waals surface area contributed by atoms with E-state index >= 15 is 0 Å². The van der Waals surface area contributed by atoms with Gasteiger partial charge in [0.25, 0.3) is 0 Å². The molecular weight excluding hydrogens is 896 g/mol. The highest BCUT2D eigenvalue weighted by Gasteiger charge is 2.74. The molecule has 3 heterocycles. The van der Waals surface area contributed by atoms with E-state index in [2.05, 4.69) is 13.5 Å². The molecule has 23 nitrogen and oxygen atoms in total. The first-order valence-corrected chi connectivity index (χ1v) is 23.2. The maximum Gasteiger partial charge on any atom is 0.361 e. The van der Waals surface area contributed by atoms with E-state index in [9.17, 15) is 81.4 Å². The molecule has 0 amide bonds. The van der Waals surface area contributed by atoms with E-state index in [1.54, 1.807) is 0 Å². The molecule has 3 aliphatic carbocycles. The molecule has 6 fully saturated rings. The van der Waals surface area contributed by atoms with Crippen molar-refractivity contribution in [2.24, 2.45) is 28.1 Å². The van der Waals surface area contributed by atoms with Crippen LogP contribution < -0.4 is 0 Å². The topological polar surface area (TPSA) is 388 Å². The monoisotopic (exact) mass is 968 g/mol. The lowest BCUT2D eigenvalue weighted by molar-refractivity contribution is -0.345. The van der Waals surface area contributed by atoms with Gasteiger partial charge in [0.05, 0.1) is 30.5 Å². The maximum atomic E-state index is 14.3. The minimum Gasteiger partial charge on any atom is -0.506 e. The van der Waals surface area contributed by atoms with Gasteiger partial charge in [-0.3, -0.25) is 9.53 Å². The second-order valence-corrected chi connectivity index (χ2v) is 19.7. The van der Waals surface area contributed by atoms with Gasteiger partial charge in [-0.2, -0.15) is 0 Å². The van der Waals surface area contributed by atoms with E-state index in [4.69, 9.17) is 33.2 Å². The van der Waals surface area contributed by atoms with Gasteiger partial charge < -0.3 is 105 Å². The number of esters is 1. The zero-order chi connectivity index (χ0) is 49.4. The van der Waals surface area contributed by atoms with Gasteiger partial charge in [-0.05, 0) is 74.5 Å². The first kappa shape index (κ1) is 54.0. The van der Waals surface area contributed by atoms with Gasteiger partial charge in [0.15, 0.2) is 30.0 Å². The maximum absolute atomic E-state index is 14.3. The standard InChI is InChI=1S/C44H72O23/c1-20(61-38(59)35(64-39-33(57)30(54)28(52)23(18-47)62-39)34(22(50)10-16-46)63-37(58)32(56)27(51)21(49)9-15-45)17-43-13-5-4-7-26(43)41(2)11-6-12-42(3,25(41)8-14-43)40(60)67-44-36(66-44)31(55)29(53)24(19-48)65-44/h21-26,28-31,33-39,45-59H,1,4-19H2,2-3H3/b32-27-/t21-,22?,23?,24?,25?,26?,28?,29?,30?,31?,33?,34?,35?,36?,37?,38?,39?,41+,42+,43+,44?/m0/s1. The molecule has 0 aromatic carbocycles. The minimum absolute atomic E-state index is 0.00921. The van der Waals surface area contributed by atoms with E-state index in [0.717, 1.165) is 25.7 Å². The lowest BCUT2D eigenvalue weighted by Gasteiger charge is -2.64. The predicted molar refractivity (Wildman–Crippen MR) is 223 cm³/mol. The van der Waals surface area contributed by atoms with Crippen LogP contribution in [0.3, 0.4) is 0 Å². The molecule has 17 unspecified atom stereocenters. The molecule has 3 saturated heterocycles. The summed E-state index contributed by atoms with van der Waals surface area (Å²) >= 11 is 0. The summed E-state index contributed by atoms with van der Waals surface area (Å²) in [6.45, 7) is 5.27. The van der Waals surface area contributed by atoms with Gasteiger partial charge >= 0.3 is 11.9 Å². The molecule has 0 aromatic rings. The minimum atomic E-state index is -2.58. The SMILES string of the molecule is C=C(C[C@]12CCCCC1[C@]1(C)CCC[C@@](C)(C(=O)OC34OC(CO)C(O)C(O)C3O4)C1CC2)OC(O)C(OC1OC(CO)C(O)C(O)C1O)C(OC(O)/C(O)=C(/O)[C@@H](O)CCO)C(O)CCO. The molecule has 0 aromatic heterocycles. The highest BCUT2D eigenvalue weighted by atomic mass is 17.0. The zero-order valence-electron chi connectivity index (χ0n) is 37.8. The fraction of sp³-hybridized carbons (Fsp3) is 0.886. The molecule has 3 aliphatic heterocycles. The van der Waals surface area contributed by atoms with E-state index < -0.39 is 171 Å². The van der Waals surface area contributed by atoms with Gasteiger partial charge in [-0.1, -0.05) is 32.8 Å². The molecule has 6 aliphatic rings. The number of hydrogen-bond acceptors (Lipinski definition) is 23. The Morgan fingerprint density at radius 2 is 1.40 bits per heavy atom. The van der Waals surface area contributed by atoms with Crippen LogP contribution in [0.4, 0.5) is 0 Å². The third kappa shape index (κ3) is 10.5. The Labute approximate surface area is 387 Å². The number of carbonyl (C=O) groups excluding carboxylic acids is 1. The summed E-state index contributed by atoms with van der Waals surface area (Å²) in [5.41, 5.74) is -1.98. The second kappa shape index (κ2) is 21.5. The average Bonchev–Trinajstić information content (AvgIpc) is 4.01. The van der Waals surface area contributed by atoms with Crippen LogP contribution in [-0.2, 0) is 38.0 Å². The molecule has 6 rings (SSSR count). The van der Waals surface area contributed by atoms with E-state index in [0.29, 0.717) is 32.1 Å². The van der Waals surface area contributed by atoms with E-state index in [-0.39, 0.29) is 24.0 Å². The van der Waals surface area contributed by atoms with Crippen molar-refractivity contribution in [3.05, 3.63) is 23.9 Å². The summed E-state index contributed by atoms with van der Waals surface area (Å²) < 4.78 is 40.1. The summed E-state index contributed by atoms with van der Waals surface area (Å²) in [6.07, 6.45) is -22.1. The van der Waals surface area contributed by atoms with Crippen molar-refractivity contribution < 1.29 is 115 Å². The van der Waals surface area contributed by atoms with Crippen LogP contribution in [0.2, 0.25) is 0 Å². The third-order valence-electron chi connectivity index (χ3n) is 15.6. The second-order valence-electron chi connectivity index (χ2n) is 19.7. The van der Waals surface area contributed by atoms with Crippen LogP contribution in [0.15, 0.2) is 23.9 Å². The number of carbonyl (C=O) groups is 1. The van der Waals surface area contributed by atoms with Crippen LogP contribution in [0.1, 0.15) is 90.9 Å². The Hall–Kier alpha value is -2.37. The summed E-state index contributed by atoms with van der Waals surface area (Å²) in [7, 11) is 0. The third-order valence-corrected chi connectivity index (χ3v) is 15.6. The summed E-state index contributed by atoms with van der Waals surface area (Å²) in [6, 6.07) is 0. The van der Waals surface area contributed by atoms with Crippen molar-refractivity contribution in [1.82, 2.24) is 0 Å². The molecule has 0 radical (unpaired) electrons. The van der Waals surface area contributed by atoms with Crippen molar-refractivity contribution >= 4 is 5.97 Å². The number of rotatable bonds is 21. The molecule has 3 saturated carbocycles. The normalized spacial score (nSPS) is 42.6. The highest BCUT2D eigenvalue weighted by molar-refractivity contribution is 5.78. The van der Waals surface area contributed by atoms with Crippen LogP contribution >= 0.6 is 0 Å². The van der Waals surface area contributed by atoms with Crippen molar-refractivity contribution in [3.63, 3.8) is 0 Å². The number of epoxide rings is 1. The van der Waals surface area contributed by atoms with Gasteiger partial charge in [0, 0.05) is 26.1 Å². The summed E-state index contributed by atoms with van der Waals surface area (Å²) in [5, 5.41) is 157. The molecule has 386 valence electrons. The molecular formula is C44H72O23. The van der Waals surface area contributed by atoms with Crippen LogP contribution in [-0.4, -0.2) is 207 Å². The molecule has 0 bridgehead atoms. The van der Waals surface area contributed by atoms with Crippen LogP contribution in [0.25, 0.3) is 0 Å². The zero-order valence-corrected chi connectivity index (χ0v) is 37.8. The lowest BCUT2D eigenvalue weighted by atomic mass is 9.40. The Kier molecular flexibility index (Phi) is 17.4. The van der Waals surface area contributed by atoms with Crippen molar-refractivity contribution in [3.8, 4) is 0 Å².